The largest absolute Gasteiger partial charge is 0.481 e. The number of fused-ring (bicyclic) bond motifs is 1. The topological polar surface area (TPSA) is 135 Å². The first-order valence-electron chi connectivity index (χ1n) is 8.04. The van der Waals surface area contributed by atoms with E-state index in [-0.39, 0.29) is 13.2 Å². The summed E-state index contributed by atoms with van der Waals surface area (Å²) in [5.74, 6) is -0.0702. The third kappa shape index (κ3) is 4.09. The van der Waals surface area contributed by atoms with Gasteiger partial charge in [-0.25, -0.2) is 10.2 Å². The van der Waals surface area contributed by atoms with Crippen LogP contribution in [0.4, 0.5) is 10.5 Å². The number of ether oxygens (including phenoxy) is 2. The first-order chi connectivity index (χ1) is 13.0. The fourth-order valence-electron chi connectivity index (χ4n) is 2.60. The van der Waals surface area contributed by atoms with Crippen LogP contribution in [0.25, 0.3) is 0 Å². The number of urea groups is 1. The highest BCUT2D eigenvalue weighted by Gasteiger charge is 2.22. The zero-order valence-corrected chi connectivity index (χ0v) is 14.5. The van der Waals surface area contributed by atoms with Gasteiger partial charge in [0.05, 0.1) is 12.1 Å². The van der Waals surface area contributed by atoms with E-state index in [1.54, 1.807) is 36.4 Å². The average molecular weight is 370 g/mol. The molecular formula is C18H18N4O5. The van der Waals surface area contributed by atoms with Gasteiger partial charge in [-0.15, -0.1) is 0 Å². The molecule has 0 fully saturated rings. The molecule has 9 nitrogen and oxygen atoms in total. The maximum atomic E-state index is 11.6. The molecule has 0 radical (unpaired) electrons. The molecule has 1 aliphatic rings. The number of aliphatic carboxylic acids is 1. The summed E-state index contributed by atoms with van der Waals surface area (Å²) in [4.78, 5) is 22.9. The number of amides is 2. The Labute approximate surface area is 154 Å². The number of rotatable bonds is 5. The minimum absolute atomic E-state index is 0.0517. The molecule has 1 aliphatic heterocycles. The van der Waals surface area contributed by atoms with Gasteiger partial charge in [-0.05, 0) is 29.8 Å². The Morgan fingerprint density at radius 1 is 1.19 bits per heavy atom. The van der Waals surface area contributed by atoms with Crippen molar-refractivity contribution in [3.8, 4) is 11.5 Å². The monoisotopic (exact) mass is 370 g/mol. The number of carbonyl (C=O) groups excluding carboxylic acids is 1. The summed E-state index contributed by atoms with van der Waals surface area (Å²) in [6.45, 7) is 0.0517. The SMILES string of the molecule is CNC(=O)N/N=C(/c1ccc(N)cc1)c1cc2c(cc1CC(=O)O)OCO2. The van der Waals surface area contributed by atoms with Gasteiger partial charge in [0.1, 0.15) is 0 Å². The number of hydrogen-bond acceptors (Lipinski definition) is 6. The minimum Gasteiger partial charge on any atom is -0.481 e. The minimum atomic E-state index is -1.01. The predicted octanol–water partition coefficient (Wildman–Crippen LogP) is 1.31. The lowest BCUT2D eigenvalue weighted by Crippen LogP contribution is -2.30. The second kappa shape index (κ2) is 7.65. The van der Waals surface area contributed by atoms with Crippen molar-refractivity contribution < 1.29 is 24.2 Å². The Kier molecular flexibility index (Phi) is 5.11. The number of hydrazone groups is 1. The molecule has 0 atom stereocenters. The van der Waals surface area contributed by atoms with Gasteiger partial charge in [0.2, 0.25) is 6.79 Å². The summed E-state index contributed by atoms with van der Waals surface area (Å²) in [5, 5.41) is 15.9. The molecule has 1 heterocycles. The van der Waals surface area contributed by atoms with Crippen molar-refractivity contribution in [2.45, 2.75) is 6.42 Å². The highest BCUT2D eigenvalue weighted by Crippen LogP contribution is 2.36. The fourth-order valence-corrected chi connectivity index (χ4v) is 2.60. The van der Waals surface area contributed by atoms with Gasteiger partial charge in [-0.2, -0.15) is 5.10 Å². The number of benzene rings is 2. The zero-order chi connectivity index (χ0) is 19.4. The van der Waals surface area contributed by atoms with Crippen molar-refractivity contribution in [3.05, 3.63) is 53.1 Å². The summed E-state index contributed by atoms with van der Waals surface area (Å²) in [6, 6.07) is 9.59. The third-order valence-corrected chi connectivity index (χ3v) is 3.88. The van der Waals surface area contributed by atoms with E-state index in [0.29, 0.717) is 39.6 Å². The lowest BCUT2D eigenvalue weighted by atomic mass is 9.95. The number of nitrogens with two attached hydrogens (primary N) is 1. The molecule has 0 saturated heterocycles. The standard InChI is InChI=1S/C18H18N4O5/c1-20-18(25)22-21-17(10-2-4-12(19)5-3-10)13-8-15-14(26-9-27-15)6-11(13)7-16(23)24/h2-6,8H,7,9,19H2,1H3,(H,23,24)(H2,20,22,25)/b21-17-. The molecule has 2 amide bonds. The van der Waals surface area contributed by atoms with Gasteiger partial charge in [0.25, 0.3) is 0 Å². The van der Waals surface area contributed by atoms with E-state index in [1.165, 1.54) is 7.05 Å². The van der Waals surface area contributed by atoms with Gasteiger partial charge in [0, 0.05) is 23.9 Å². The Bertz CT molecular complexity index is 909. The Morgan fingerprint density at radius 2 is 1.85 bits per heavy atom. The average Bonchev–Trinajstić information content (AvgIpc) is 3.09. The van der Waals surface area contributed by atoms with Crippen LogP contribution in [0.2, 0.25) is 0 Å². The predicted molar refractivity (Wildman–Crippen MR) is 98.0 cm³/mol. The van der Waals surface area contributed by atoms with Crippen LogP contribution in [-0.4, -0.2) is 36.7 Å². The second-order valence-corrected chi connectivity index (χ2v) is 5.71. The molecule has 140 valence electrons. The van der Waals surface area contributed by atoms with E-state index in [4.69, 9.17) is 15.2 Å². The van der Waals surface area contributed by atoms with E-state index in [9.17, 15) is 14.7 Å². The highest BCUT2D eigenvalue weighted by molar-refractivity contribution is 6.14. The van der Waals surface area contributed by atoms with Crippen molar-refractivity contribution in [1.82, 2.24) is 10.7 Å². The van der Waals surface area contributed by atoms with Gasteiger partial charge >= 0.3 is 12.0 Å². The molecule has 2 aromatic carbocycles. The van der Waals surface area contributed by atoms with Gasteiger partial charge in [-0.1, -0.05) is 12.1 Å². The molecule has 27 heavy (non-hydrogen) atoms. The van der Waals surface area contributed by atoms with Crippen molar-refractivity contribution in [2.75, 3.05) is 19.6 Å². The summed E-state index contributed by atoms with van der Waals surface area (Å²) >= 11 is 0. The van der Waals surface area contributed by atoms with Crippen LogP contribution in [0.1, 0.15) is 16.7 Å². The van der Waals surface area contributed by atoms with Crippen LogP contribution in [0.3, 0.4) is 0 Å². The number of nitrogens with one attached hydrogen (secondary N) is 2. The second-order valence-electron chi connectivity index (χ2n) is 5.71. The number of anilines is 1. The fraction of sp³-hybridized carbons (Fsp3) is 0.167. The van der Waals surface area contributed by atoms with E-state index in [1.807, 2.05) is 0 Å². The maximum absolute atomic E-state index is 11.6. The van der Waals surface area contributed by atoms with E-state index < -0.39 is 12.0 Å². The van der Waals surface area contributed by atoms with Crippen LogP contribution < -0.4 is 25.9 Å². The Hall–Kier alpha value is -3.75. The van der Waals surface area contributed by atoms with E-state index in [0.717, 1.165) is 0 Å². The number of nitrogens with zero attached hydrogens (tertiary/aromatic N) is 1. The molecule has 2 aromatic rings. The Balaban J connectivity index is 2.14. The summed E-state index contributed by atoms with van der Waals surface area (Å²) in [7, 11) is 1.46. The number of nitrogen functional groups attached to an aromatic ring is 1. The van der Waals surface area contributed by atoms with Crippen LogP contribution in [-0.2, 0) is 11.2 Å². The van der Waals surface area contributed by atoms with Crippen LogP contribution in [0.15, 0.2) is 41.5 Å². The molecule has 0 aromatic heterocycles. The number of hydrogen-bond donors (Lipinski definition) is 4. The van der Waals surface area contributed by atoms with Crippen LogP contribution in [0.5, 0.6) is 11.5 Å². The summed E-state index contributed by atoms with van der Waals surface area (Å²) in [6.07, 6.45) is -0.250. The quantitative estimate of drug-likeness (QED) is 0.356. The molecule has 0 unspecified atom stereocenters. The molecule has 3 rings (SSSR count). The van der Waals surface area contributed by atoms with Crippen LogP contribution in [0, 0.1) is 0 Å². The zero-order valence-electron chi connectivity index (χ0n) is 14.5. The molecule has 5 N–H and O–H groups in total. The van der Waals surface area contributed by atoms with Crippen molar-refractivity contribution >= 4 is 23.4 Å². The summed E-state index contributed by atoms with van der Waals surface area (Å²) in [5.41, 5.74) is 10.7. The normalized spacial score (nSPS) is 12.6. The molecule has 0 bridgehead atoms. The van der Waals surface area contributed by atoms with Crippen molar-refractivity contribution in [1.29, 1.82) is 0 Å². The number of carbonyl (C=O) groups is 2. The first kappa shape index (κ1) is 18.1. The molecule has 0 saturated carbocycles. The third-order valence-electron chi connectivity index (χ3n) is 3.88. The molecule has 9 heteroatoms. The van der Waals surface area contributed by atoms with Gasteiger partial charge in [-0.3, -0.25) is 4.79 Å². The summed E-state index contributed by atoms with van der Waals surface area (Å²) < 4.78 is 10.7. The van der Waals surface area contributed by atoms with E-state index in [2.05, 4.69) is 15.8 Å². The van der Waals surface area contributed by atoms with Crippen molar-refractivity contribution in [2.24, 2.45) is 5.10 Å². The molecule has 0 aliphatic carbocycles. The lowest BCUT2D eigenvalue weighted by molar-refractivity contribution is -0.136. The van der Waals surface area contributed by atoms with E-state index >= 15 is 0 Å². The van der Waals surface area contributed by atoms with Crippen LogP contribution >= 0.6 is 0 Å². The van der Waals surface area contributed by atoms with Crippen molar-refractivity contribution in [3.63, 3.8) is 0 Å². The van der Waals surface area contributed by atoms with Gasteiger partial charge in [0.15, 0.2) is 11.5 Å². The Morgan fingerprint density at radius 3 is 2.48 bits per heavy atom. The highest BCUT2D eigenvalue weighted by atomic mass is 16.7. The molecule has 0 spiro atoms. The smallest absolute Gasteiger partial charge is 0.334 e. The lowest BCUT2D eigenvalue weighted by Gasteiger charge is -2.13. The van der Waals surface area contributed by atoms with Gasteiger partial charge < -0.3 is 25.6 Å². The first-order valence-corrected chi connectivity index (χ1v) is 8.04. The molecular weight excluding hydrogens is 352 g/mol. The maximum Gasteiger partial charge on any atom is 0.334 e. The number of carboxylic acids is 1. The number of carboxylic acid groups (broad SMARTS) is 1.